The van der Waals surface area contributed by atoms with Gasteiger partial charge in [0.15, 0.2) is 0 Å². The van der Waals surface area contributed by atoms with Crippen LogP contribution in [0, 0.1) is 0 Å². The van der Waals surface area contributed by atoms with Gasteiger partial charge in [0.05, 0.1) is 32.8 Å². The Balaban J connectivity index is 2.45. The zero-order valence-corrected chi connectivity index (χ0v) is 14.3. The van der Waals surface area contributed by atoms with E-state index in [1.807, 2.05) is 0 Å². The average molecular weight is 348 g/mol. The molecule has 25 heavy (non-hydrogen) atoms. The molecule has 8 heteroatoms. The fourth-order valence-electron chi connectivity index (χ4n) is 2.46. The predicted molar refractivity (Wildman–Crippen MR) is 88.6 cm³/mol. The van der Waals surface area contributed by atoms with E-state index < -0.39 is 11.9 Å². The monoisotopic (exact) mass is 348 g/mol. The number of benzene rings is 1. The molecule has 0 aliphatic carbocycles. The SMILES string of the molecule is CNC(=O)Cc1cccc(N2COCC(C(=O)OC)=C2C(=O)OC)c1. The number of carbonyl (C=O) groups excluding carboxylic acids is 3. The first-order chi connectivity index (χ1) is 12.0. The Morgan fingerprint density at radius 1 is 1.20 bits per heavy atom. The lowest BCUT2D eigenvalue weighted by Crippen LogP contribution is -2.38. The maximum atomic E-state index is 12.2. The molecule has 1 aliphatic rings. The molecule has 0 fully saturated rings. The number of esters is 2. The third-order valence-electron chi connectivity index (χ3n) is 3.70. The molecule has 134 valence electrons. The van der Waals surface area contributed by atoms with E-state index in [0.29, 0.717) is 5.69 Å². The largest absolute Gasteiger partial charge is 0.466 e. The van der Waals surface area contributed by atoms with E-state index in [4.69, 9.17) is 14.2 Å². The van der Waals surface area contributed by atoms with Crippen molar-refractivity contribution >= 4 is 23.5 Å². The second-order valence-corrected chi connectivity index (χ2v) is 5.24. The van der Waals surface area contributed by atoms with Gasteiger partial charge in [0, 0.05) is 12.7 Å². The van der Waals surface area contributed by atoms with Gasteiger partial charge in [0.25, 0.3) is 0 Å². The van der Waals surface area contributed by atoms with E-state index in [-0.39, 0.29) is 36.9 Å². The van der Waals surface area contributed by atoms with Crippen LogP contribution in [-0.4, -0.2) is 52.5 Å². The van der Waals surface area contributed by atoms with Gasteiger partial charge in [-0.1, -0.05) is 12.1 Å². The number of anilines is 1. The number of ether oxygens (including phenoxy) is 3. The zero-order valence-electron chi connectivity index (χ0n) is 14.3. The number of carbonyl (C=O) groups is 3. The van der Waals surface area contributed by atoms with Crippen LogP contribution in [0.5, 0.6) is 0 Å². The number of amides is 1. The lowest BCUT2D eigenvalue weighted by Gasteiger charge is -2.31. The van der Waals surface area contributed by atoms with Crippen molar-refractivity contribution in [2.75, 3.05) is 39.5 Å². The van der Waals surface area contributed by atoms with Crippen LogP contribution in [0.1, 0.15) is 5.56 Å². The Labute approximate surface area is 145 Å². The molecule has 0 radical (unpaired) electrons. The summed E-state index contributed by atoms with van der Waals surface area (Å²) in [5.74, 6) is -1.46. The Morgan fingerprint density at radius 3 is 2.56 bits per heavy atom. The molecule has 0 aromatic heterocycles. The summed E-state index contributed by atoms with van der Waals surface area (Å²) in [5, 5.41) is 2.56. The molecular weight excluding hydrogens is 328 g/mol. The first-order valence-electron chi connectivity index (χ1n) is 7.56. The van der Waals surface area contributed by atoms with E-state index in [1.54, 1.807) is 31.3 Å². The van der Waals surface area contributed by atoms with E-state index in [9.17, 15) is 14.4 Å². The van der Waals surface area contributed by atoms with Gasteiger partial charge < -0.3 is 24.4 Å². The molecule has 0 bridgehead atoms. The number of hydrogen-bond acceptors (Lipinski definition) is 7. The highest BCUT2D eigenvalue weighted by atomic mass is 16.5. The summed E-state index contributed by atoms with van der Waals surface area (Å²) >= 11 is 0. The van der Waals surface area contributed by atoms with Gasteiger partial charge in [-0.15, -0.1) is 0 Å². The van der Waals surface area contributed by atoms with Crippen molar-refractivity contribution < 1.29 is 28.6 Å². The highest BCUT2D eigenvalue weighted by molar-refractivity contribution is 6.03. The van der Waals surface area contributed by atoms with Crippen LogP contribution in [0.4, 0.5) is 5.69 Å². The highest BCUT2D eigenvalue weighted by Crippen LogP contribution is 2.27. The van der Waals surface area contributed by atoms with Crippen LogP contribution in [0.15, 0.2) is 35.5 Å². The minimum absolute atomic E-state index is 0.0501. The predicted octanol–water partition coefficient (Wildman–Crippen LogP) is 0.369. The molecule has 1 aromatic rings. The maximum Gasteiger partial charge on any atom is 0.355 e. The standard InChI is InChI=1S/C17H20N2O6/c1-18-14(20)8-11-5-4-6-12(7-11)19-10-25-9-13(16(21)23-2)15(19)17(22)24-3/h4-7H,8-10H2,1-3H3,(H,18,20). The maximum absolute atomic E-state index is 12.2. The first kappa shape index (κ1) is 18.5. The Kier molecular flexibility index (Phi) is 6.13. The third-order valence-corrected chi connectivity index (χ3v) is 3.70. The third kappa shape index (κ3) is 4.16. The summed E-state index contributed by atoms with van der Waals surface area (Å²) in [6.45, 7) is 0.0138. The summed E-state index contributed by atoms with van der Waals surface area (Å²) in [6.07, 6.45) is 0.195. The summed E-state index contributed by atoms with van der Waals surface area (Å²) < 4.78 is 15.0. The number of likely N-dealkylation sites (N-methyl/N-ethyl adjacent to an activating group) is 1. The molecule has 1 aliphatic heterocycles. The Morgan fingerprint density at radius 2 is 1.92 bits per heavy atom. The summed E-state index contributed by atoms with van der Waals surface area (Å²) in [4.78, 5) is 37.3. The number of hydrogen-bond donors (Lipinski definition) is 1. The number of nitrogens with one attached hydrogen (secondary N) is 1. The lowest BCUT2D eigenvalue weighted by atomic mass is 10.1. The van der Waals surface area contributed by atoms with Crippen molar-refractivity contribution in [3.8, 4) is 0 Å². The molecule has 0 spiro atoms. The van der Waals surface area contributed by atoms with Crippen molar-refractivity contribution in [3.05, 3.63) is 41.1 Å². The van der Waals surface area contributed by atoms with Crippen LogP contribution in [0.25, 0.3) is 0 Å². The normalized spacial score (nSPS) is 14.1. The molecule has 1 amide bonds. The van der Waals surface area contributed by atoms with E-state index >= 15 is 0 Å². The summed E-state index contributed by atoms with van der Waals surface area (Å²) in [7, 11) is 4.03. The molecule has 1 aromatic carbocycles. The summed E-state index contributed by atoms with van der Waals surface area (Å²) in [6, 6.07) is 7.06. The smallest absolute Gasteiger partial charge is 0.355 e. The molecule has 0 saturated heterocycles. The molecule has 8 nitrogen and oxygen atoms in total. The van der Waals surface area contributed by atoms with E-state index in [1.165, 1.54) is 19.1 Å². The van der Waals surface area contributed by atoms with E-state index in [2.05, 4.69) is 5.32 Å². The molecular formula is C17H20N2O6. The average Bonchev–Trinajstić information content (AvgIpc) is 2.66. The molecule has 0 atom stereocenters. The first-order valence-corrected chi connectivity index (χ1v) is 7.56. The molecule has 0 saturated carbocycles. The molecule has 0 unspecified atom stereocenters. The van der Waals surface area contributed by atoms with E-state index in [0.717, 1.165) is 5.56 Å². The Hall–Kier alpha value is -2.87. The van der Waals surface area contributed by atoms with Gasteiger partial charge in [-0.05, 0) is 17.7 Å². The number of methoxy groups -OCH3 is 2. The van der Waals surface area contributed by atoms with Crippen molar-refractivity contribution in [3.63, 3.8) is 0 Å². The quantitative estimate of drug-likeness (QED) is 0.768. The van der Waals surface area contributed by atoms with Crippen LogP contribution in [0.3, 0.4) is 0 Å². The van der Waals surface area contributed by atoms with Crippen LogP contribution >= 0.6 is 0 Å². The van der Waals surface area contributed by atoms with Crippen molar-refractivity contribution in [1.82, 2.24) is 5.32 Å². The minimum atomic E-state index is -0.666. The van der Waals surface area contributed by atoms with Crippen LogP contribution < -0.4 is 10.2 Å². The summed E-state index contributed by atoms with van der Waals surface area (Å²) in [5.41, 5.74) is 1.50. The number of nitrogens with zero attached hydrogens (tertiary/aromatic N) is 1. The highest BCUT2D eigenvalue weighted by Gasteiger charge is 2.32. The van der Waals surface area contributed by atoms with Gasteiger partial charge in [-0.3, -0.25) is 4.79 Å². The second-order valence-electron chi connectivity index (χ2n) is 5.24. The second kappa shape index (κ2) is 8.29. The van der Waals surface area contributed by atoms with Crippen molar-refractivity contribution in [2.45, 2.75) is 6.42 Å². The van der Waals surface area contributed by atoms with Gasteiger partial charge in [-0.25, -0.2) is 9.59 Å². The van der Waals surface area contributed by atoms with Gasteiger partial charge >= 0.3 is 11.9 Å². The fraction of sp³-hybridized carbons (Fsp3) is 0.353. The number of rotatable bonds is 5. The van der Waals surface area contributed by atoms with Crippen molar-refractivity contribution in [1.29, 1.82) is 0 Å². The Bertz CT molecular complexity index is 713. The van der Waals surface area contributed by atoms with Crippen LogP contribution in [-0.2, 0) is 35.0 Å². The molecule has 2 rings (SSSR count). The zero-order chi connectivity index (χ0) is 18.4. The van der Waals surface area contributed by atoms with Crippen molar-refractivity contribution in [2.24, 2.45) is 0 Å². The van der Waals surface area contributed by atoms with Gasteiger partial charge in [0.2, 0.25) is 5.91 Å². The lowest BCUT2D eigenvalue weighted by molar-refractivity contribution is -0.140. The van der Waals surface area contributed by atoms with Gasteiger partial charge in [0.1, 0.15) is 12.4 Å². The van der Waals surface area contributed by atoms with Gasteiger partial charge in [-0.2, -0.15) is 0 Å². The molecule has 1 N–H and O–H groups in total. The fourth-order valence-corrected chi connectivity index (χ4v) is 2.46. The van der Waals surface area contributed by atoms with Crippen LogP contribution in [0.2, 0.25) is 0 Å². The topological polar surface area (TPSA) is 94.2 Å². The molecule has 1 heterocycles. The minimum Gasteiger partial charge on any atom is -0.466 e.